The van der Waals surface area contributed by atoms with Crippen molar-refractivity contribution in [1.82, 2.24) is 4.98 Å². The first-order valence-electron chi connectivity index (χ1n) is 14.9. The van der Waals surface area contributed by atoms with Crippen molar-refractivity contribution in [2.75, 3.05) is 5.32 Å². The molecule has 0 aliphatic rings. The van der Waals surface area contributed by atoms with Gasteiger partial charge in [0.25, 0.3) is 0 Å². The molecular weight excluding hydrogens is 605 g/mol. The highest BCUT2D eigenvalue weighted by atomic mass is 19.4. The minimum Gasteiger partial charge on any atom is -0.372 e. The lowest BCUT2D eigenvalue weighted by Crippen LogP contribution is -2.50. The largest absolute Gasteiger partial charge is 0.460 e. The van der Waals surface area contributed by atoms with Crippen molar-refractivity contribution in [2.24, 2.45) is 0 Å². The molecule has 0 amide bonds. The Bertz CT molecular complexity index is 1800. The lowest BCUT2D eigenvalue weighted by molar-refractivity contribution is -0.359. The van der Waals surface area contributed by atoms with E-state index in [9.17, 15) is 22.0 Å². The van der Waals surface area contributed by atoms with E-state index in [-0.39, 0.29) is 11.1 Å². The summed E-state index contributed by atoms with van der Waals surface area (Å²) in [5.41, 5.74) is 2.36. The molecule has 2 nitrogen and oxygen atoms in total. The van der Waals surface area contributed by atoms with Crippen LogP contribution in [0.5, 0.6) is 0 Å². The number of aromatic nitrogens is 1. The summed E-state index contributed by atoms with van der Waals surface area (Å²) >= 11 is 0. The zero-order valence-corrected chi connectivity index (χ0v) is 25.6. The standard InChI is InChI=1S/C37H33F7N2/c1-22(2)29-20-26(35(38,39)36(40,41)37(42,43)44)21-30(23(3)4)34(29)46-33(25-13-6-5-7-14-25)32-19-11-18-31(45-32)28-17-10-15-24-12-8-9-16-27(24)28/h5-23,33,46H,1-4H3. The molecule has 0 spiro atoms. The normalized spacial score (nSPS) is 13.4. The third-order valence-corrected chi connectivity index (χ3v) is 8.11. The smallest absolute Gasteiger partial charge is 0.372 e. The third-order valence-electron chi connectivity index (χ3n) is 8.11. The highest BCUT2D eigenvalue weighted by Crippen LogP contribution is 2.53. The van der Waals surface area contributed by atoms with Crippen LogP contribution < -0.4 is 5.32 Å². The average molecular weight is 639 g/mol. The molecular formula is C37H33F7N2. The van der Waals surface area contributed by atoms with E-state index in [1.165, 1.54) is 0 Å². The van der Waals surface area contributed by atoms with Gasteiger partial charge in [-0.1, -0.05) is 107 Å². The highest BCUT2D eigenvalue weighted by Gasteiger charge is 2.73. The SMILES string of the molecule is CC(C)c1cc(C(F)(F)C(F)(F)C(F)(F)F)cc(C(C)C)c1NC(c1ccccc1)c1cccc(-c2cccc3ccccc23)n1. The Kier molecular flexibility index (Phi) is 8.90. The van der Waals surface area contributed by atoms with Crippen LogP contribution in [0, 0.1) is 0 Å². The molecule has 0 aliphatic heterocycles. The quantitative estimate of drug-likeness (QED) is 0.163. The second-order valence-corrected chi connectivity index (χ2v) is 11.9. The number of fused-ring (bicyclic) bond motifs is 1. The molecule has 5 rings (SSSR count). The fraction of sp³-hybridized carbons (Fsp3) is 0.270. The summed E-state index contributed by atoms with van der Waals surface area (Å²) in [6.07, 6.45) is -6.44. The monoisotopic (exact) mass is 638 g/mol. The highest BCUT2D eigenvalue weighted by molar-refractivity contribution is 5.95. The van der Waals surface area contributed by atoms with Crippen molar-refractivity contribution < 1.29 is 30.7 Å². The van der Waals surface area contributed by atoms with Gasteiger partial charge in [-0.15, -0.1) is 0 Å². The number of benzene rings is 4. The van der Waals surface area contributed by atoms with E-state index in [1.807, 2.05) is 91.0 Å². The number of nitrogens with one attached hydrogen (secondary N) is 1. The van der Waals surface area contributed by atoms with Crippen LogP contribution in [0.15, 0.2) is 103 Å². The lowest BCUT2D eigenvalue weighted by atomic mass is 9.86. The van der Waals surface area contributed by atoms with Gasteiger partial charge in [-0.2, -0.15) is 30.7 Å². The van der Waals surface area contributed by atoms with Crippen LogP contribution >= 0.6 is 0 Å². The van der Waals surface area contributed by atoms with Crippen molar-refractivity contribution in [3.63, 3.8) is 0 Å². The summed E-state index contributed by atoms with van der Waals surface area (Å²) in [5, 5.41) is 5.51. The molecule has 1 aromatic heterocycles. The second kappa shape index (κ2) is 12.4. The van der Waals surface area contributed by atoms with Gasteiger partial charge in [-0.25, -0.2) is 0 Å². The Morgan fingerprint density at radius 3 is 1.80 bits per heavy atom. The maximum Gasteiger partial charge on any atom is 0.460 e. The summed E-state index contributed by atoms with van der Waals surface area (Å²) < 4.78 is 97.9. The second-order valence-electron chi connectivity index (χ2n) is 11.9. The van der Waals surface area contributed by atoms with Gasteiger partial charge in [0.1, 0.15) is 0 Å². The molecule has 0 bridgehead atoms. The first-order valence-corrected chi connectivity index (χ1v) is 14.9. The van der Waals surface area contributed by atoms with Gasteiger partial charge in [0.15, 0.2) is 0 Å². The lowest BCUT2D eigenvalue weighted by Gasteiger charge is -2.32. The topological polar surface area (TPSA) is 24.9 Å². The van der Waals surface area contributed by atoms with Gasteiger partial charge < -0.3 is 5.32 Å². The van der Waals surface area contributed by atoms with E-state index in [2.05, 4.69) is 5.32 Å². The minimum atomic E-state index is -6.44. The maximum absolute atomic E-state index is 15.1. The summed E-state index contributed by atoms with van der Waals surface area (Å²) in [6, 6.07) is 29.6. The zero-order chi connectivity index (χ0) is 33.4. The van der Waals surface area contributed by atoms with Crippen LogP contribution in [0.4, 0.5) is 36.4 Å². The van der Waals surface area contributed by atoms with E-state index in [0.717, 1.165) is 34.0 Å². The number of hydrogen-bond donors (Lipinski definition) is 1. The fourth-order valence-corrected chi connectivity index (χ4v) is 5.63. The Hall–Kier alpha value is -4.40. The molecule has 46 heavy (non-hydrogen) atoms. The predicted octanol–water partition coefficient (Wildman–Crippen LogP) is 11.6. The molecule has 1 atom stereocenters. The van der Waals surface area contributed by atoms with Crippen molar-refractivity contribution >= 4 is 16.5 Å². The van der Waals surface area contributed by atoms with Gasteiger partial charge >= 0.3 is 18.0 Å². The molecule has 0 saturated carbocycles. The van der Waals surface area contributed by atoms with Crippen LogP contribution in [-0.2, 0) is 5.92 Å². The number of anilines is 1. The van der Waals surface area contributed by atoms with Crippen LogP contribution in [0.1, 0.15) is 73.5 Å². The summed E-state index contributed by atoms with van der Waals surface area (Å²) in [6.45, 7) is 6.69. The van der Waals surface area contributed by atoms with Gasteiger partial charge in [0.05, 0.1) is 17.4 Å². The number of pyridine rings is 1. The molecule has 0 fully saturated rings. The Morgan fingerprint density at radius 1 is 0.630 bits per heavy atom. The third kappa shape index (κ3) is 6.07. The zero-order valence-electron chi connectivity index (χ0n) is 25.6. The number of rotatable bonds is 9. The predicted molar refractivity (Wildman–Crippen MR) is 169 cm³/mol. The molecule has 1 N–H and O–H groups in total. The van der Waals surface area contributed by atoms with Gasteiger partial charge in [0, 0.05) is 16.8 Å². The van der Waals surface area contributed by atoms with Crippen LogP contribution in [0.2, 0.25) is 0 Å². The number of halogens is 7. The number of nitrogens with zero attached hydrogens (tertiary/aromatic N) is 1. The van der Waals surface area contributed by atoms with E-state index in [0.29, 0.717) is 17.1 Å². The first-order chi connectivity index (χ1) is 21.6. The van der Waals surface area contributed by atoms with Crippen LogP contribution in [-0.4, -0.2) is 17.1 Å². The van der Waals surface area contributed by atoms with Crippen molar-refractivity contribution in [1.29, 1.82) is 0 Å². The Labute approximate surface area is 263 Å². The van der Waals surface area contributed by atoms with E-state index in [1.54, 1.807) is 27.7 Å². The van der Waals surface area contributed by atoms with Crippen molar-refractivity contribution in [3.8, 4) is 11.3 Å². The van der Waals surface area contributed by atoms with E-state index < -0.39 is 41.5 Å². The van der Waals surface area contributed by atoms with E-state index >= 15 is 8.78 Å². The van der Waals surface area contributed by atoms with Gasteiger partial charge in [0.2, 0.25) is 0 Å². The Balaban J connectivity index is 1.68. The maximum atomic E-state index is 15.1. The molecule has 0 saturated heterocycles. The molecule has 5 aromatic rings. The van der Waals surface area contributed by atoms with Gasteiger partial charge in [-0.05, 0) is 63.6 Å². The summed E-state index contributed by atoms with van der Waals surface area (Å²) in [5.74, 6) is -12.8. The van der Waals surface area contributed by atoms with Crippen LogP contribution in [0.25, 0.3) is 22.0 Å². The molecule has 1 heterocycles. The average Bonchev–Trinajstić information content (AvgIpc) is 3.02. The molecule has 0 radical (unpaired) electrons. The molecule has 4 aromatic carbocycles. The molecule has 0 aliphatic carbocycles. The van der Waals surface area contributed by atoms with Crippen LogP contribution in [0.3, 0.4) is 0 Å². The summed E-state index contributed by atoms with van der Waals surface area (Å²) in [7, 11) is 0. The van der Waals surface area contributed by atoms with Gasteiger partial charge in [-0.3, -0.25) is 4.98 Å². The van der Waals surface area contributed by atoms with Crippen molar-refractivity contribution in [2.45, 2.75) is 63.6 Å². The molecule has 1 unspecified atom stereocenters. The minimum absolute atomic E-state index is 0.185. The number of hydrogen-bond acceptors (Lipinski definition) is 2. The number of alkyl halides is 7. The molecule has 9 heteroatoms. The fourth-order valence-electron chi connectivity index (χ4n) is 5.63. The van der Waals surface area contributed by atoms with E-state index in [4.69, 9.17) is 4.98 Å². The first kappa shape index (κ1) is 33.0. The summed E-state index contributed by atoms with van der Waals surface area (Å²) in [4.78, 5) is 5.02. The molecule has 240 valence electrons. The Morgan fingerprint density at radius 2 is 1.20 bits per heavy atom. The van der Waals surface area contributed by atoms with Crippen molar-refractivity contribution in [3.05, 3.63) is 131 Å².